The summed E-state index contributed by atoms with van der Waals surface area (Å²) in [5.74, 6) is -1.35. The number of aromatic nitrogens is 2. The summed E-state index contributed by atoms with van der Waals surface area (Å²) >= 11 is 11.7. The smallest absolute Gasteiger partial charge is 0.356 e. The quantitative estimate of drug-likeness (QED) is 0.884. The summed E-state index contributed by atoms with van der Waals surface area (Å²) in [6, 6.07) is 6.11. The number of anilines is 1. The van der Waals surface area contributed by atoms with Crippen LogP contribution in [-0.2, 0) is 11.3 Å². The third-order valence-corrected chi connectivity index (χ3v) is 3.01. The van der Waals surface area contributed by atoms with Crippen LogP contribution in [0.4, 0.5) is 5.69 Å². The Hall–Kier alpha value is -2.05. The maximum Gasteiger partial charge on any atom is 0.356 e. The number of carboxylic acids is 1. The van der Waals surface area contributed by atoms with E-state index in [1.165, 1.54) is 16.9 Å². The molecule has 2 rings (SSSR count). The third-order valence-electron chi connectivity index (χ3n) is 2.57. The number of hydrogen-bond acceptors (Lipinski definition) is 3. The molecule has 0 bridgehead atoms. The molecule has 0 unspecified atom stereocenters. The van der Waals surface area contributed by atoms with E-state index in [2.05, 4.69) is 10.4 Å². The van der Waals surface area contributed by atoms with Crippen LogP contribution in [-0.4, -0.2) is 26.8 Å². The zero-order valence-electron chi connectivity index (χ0n) is 10.7. The van der Waals surface area contributed by atoms with Crippen LogP contribution in [0, 0.1) is 0 Å². The average Bonchev–Trinajstić information content (AvgIpc) is 2.84. The zero-order valence-corrected chi connectivity index (χ0v) is 12.2. The maximum atomic E-state index is 11.8. The summed E-state index contributed by atoms with van der Waals surface area (Å²) in [5, 5.41) is 16.1. The van der Waals surface area contributed by atoms with E-state index >= 15 is 0 Å². The highest BCUT2D eigenvalue weighted by Crippen LogP contribution is 2.22. The number of carbonyl (C=O) groups excluding carboxylic acids is 1. The van der Waals surface area contributed by atoms with E-state index in [0.717, 1.165) is 0 Å². The number of amides is 1. The first-order chi connectivity index (χ1) is 9.94. The Bertz CT molecular complexity index is 665. The van der Waals surface area contributed by atoms with Crippen LogP contribution in [0.25, 0.3) is 0 Å². The van der Waals surface area contributed by atoms with Gasteiger partial charge in [0.25, 0.3) is 0 Å². The van der Waals surface area contributed by atoms with Gasteiger partial charge in [0.05, 0.1) is 0 Å². The molecular formula is C13H11Cl2N3O3. The second-order valence-electron chi connectivity index (χ2n) is 4.23. The molecule has 6 nitrogen and oxygen atoms in total. The molecule has 0 saturated heterocycles. The van der Waals surface area contributed by atoms with Crippen molar-refractivity contribution in [1.82, 2.24) is 9.78 Å². The first kappa shape index (κ1) is 15.3. The number of hydrogen-bond donors (Lipinski definition) is 2. The van der Waals surface area contributed by atoms with Gasteiger partial charge in [-0.1, -0.05) is 23.2 Å². The molecule has 0 radical (unpaired) electrons. The van der Waals surface area contributed by atoms with Crippen molar-refractivity contribution in [1.29, 1.82) is 0 Å². The standard InChI is InChI=1S/C13H11Cl2N3O3/c14-8-5-9(15)7-10(6-8)16-12(19)2-4-18-3-1-11(17-18)13(20)21/h1,3,5-7H,2,4H2,(H,16,19)(H,20,21). The Morgan fingerprint density at radius 2 is 1.90 bits per heavy atom. The minimum Gasteiger partial charge on any atom is -0.476 e. The van der Waals surface area contributed by atoms with E-state index in [1.54, 1.807) is 18.2 Å². The van der Waals surface area contributed by atoms with Crippen molar-refractivity contribution in [3.63, 3.8) is 0 Å². The number of carboxylic acid groups (broad SMARTS) is 1. The van der Waals surface area contributed by atoms with Crippen LogP contribution in [0.15, 0.2) is 30.5 Å². The van der Waals surface area contributed by atoms with E-state index in [9.17, 15) is 9.59 Å². The van der Waals surface area contributed by atoms with E-state index in [0.29, 0.717) is 15.7 Å². The predicted octanol–water partition coefficient (Wildman–Crippen LogP) is 2.92. The number of halogens is 2. The molecule has 1 aromatic heterocycles. The number of carbonyl (C=O) groups is 2. The molecule has 2 N–H and O–H groups in total. The van der Waals surface area contributed by atoms with Crippen molar-refractivity contribution in [3.8, 4) is 0 Å². The van der Waals surface area contributed by atoms with Gasteiger partial charge in [0.1, 0.15) is 0 Å². The van der Waals surface area contributed by atoms with Crippen molar-refractivity contribution in [3.05, 3.63) is 46.2 Å². The molecule has 0 fully saturated rings. The third kappa shape index (κ3) is 4.47. The Morgan fingerprint density at radius 3 is 2.48 bits per heavy atom. The Morgan fingerprint density at radius 1 is 1.24 bits per heavy atom. The van der Waals surface area contributed by atoms with Gasteiger partial charge in [-0.05, 0) is 24.3 Å². The fourth-order valence-corrected chi connectivity index (χ4v) is 2.19. The number of benzene rings is 1. The van der Waals surface area contributed by atoms with E-state index < -0.39 is 5.97 Å². The highest BCUT2D eigenvalue weighted by Gasteiger charge is 2.08. The van der Waals surface area contributed by atoms with Crippen molar-refractivity contribution >= 4 is 40.8 Å². The summed E-state index contributed by atoms with van der Waals surface area (Å²) in [4.78, 5) is 22.5. The lowest BCUT2D eigenvalue weighted by atomic mass is 10.3. The van der Waals surface area contributed by atoms with Gasteiger partial charge in [0.2, 0.25) is 5.91 Å². The lowest BCUT2D eigenvalue weighted by Crippen LogP contribution is -2.15. The Labute approximate surface area is 130 Å². The summed E-state index contributed by atoms with van der Waals surface area (Å²) < 4.78 is 1.40. The molecule has 1 amide bonds. The first-order valence-corrected chi connectivity index (χ1v) is 6.72. The normalized spacial score (nSPS) is 10.4. The minimum atomic E-state index is -1.10. The van der Waals surface area contributed by atoms with Crippen molar-refractivity contribution in [2.24, 2.45) is 0 Å². The van der Waals surface area contributed by atoms with Gasteiger partial charge in [0, 0.05) is 34.9 Å². The van der Waals surface area contributed by atoms with Gasteiger partial charge < -0.3 is 10.4 Å². The van der Waals surface area contributed by atoms with Gasteiger partial charge in [-0.3, -0.25) is 9.48 Å². The summed E-state index contributed by atoms with van der Waals surface area (Å²) in [7, 11) is 0. The molecule has 1 heterocycles. The van der Waals surface area contributed by atoms with E-state index in [1.807, 2.05) is 0 Å². The van der Waals surface area contributed by atoms with Gasteiger partial charge in [-0.2, -0.15) is 5.10 Å². The van der Waals surface area contributed by atoms with Gasteiger partial charge in [-0.25, -0.2) is 4.79 Å². The van der Waals surface area contributed by atoms with Crippen molar-refractivity contribution in [2.45, 2.75) is 13.0 Å². The van der Waals surface area contributed by atoms with Crippen LogP contribution in [0.2, 0.25) is 10.0 Å². The number of nitrogens with one attached hydrogen (secondary N) is 1. The molecule has 0 aliphatic heterocycles. The van der Waals surface area contributed by atoms with Gasteiger partial charge in [0.15, 0.2) is 5.69 Å². The topological polar surface area (TPSA) is 84.2 Å². The molecule has 0 atom stereocenters. The first-order valence-electron chi connectivity index (χ1n) is 5.97. The summed E-state index contributed by atoms with van der Waals surface area (Å²) in [6.45, 7) is 0.271. The van der Waals surface area contributed by atoms with Crippen LogP contribution in [0.3, 0.4) is 0 Å². The van der Waals surface area contributed by atoms with Gasteiger partial charge >= 0.3 is 5.97 Å². The second kappa shape index (κ2) is 6.60. The molecule has 1 aromatic carbocycles. The summed E-state index contributed by atoms with van der Waals surface area (Å²) in [5.41, 5.74) is 0.446. The molecule has 0 saturated carbocycles. The zero-order chi connectivity index (χ0) is 15.4. The number of nitrogens with zero attached hydrogens (tertiary/aromatic N) is 2. The average molecular weight is 328 g/mol. The molecule has 8 heteroatoms. The molecule has 0 spiro atoms. The van der Waals surface area contributed by atoms with Crippen molar-refractivity contribution < 1.29 is 14.7 Å². The molecule has 21 heavy (non-hydrogen) atoms. The fraction of sp³-hybridized carbons (Fsp3) is 0.154. The minimum absolute atomic E-state index is 0.0583. The van der Waals surface area contributed by atoms with Crippen molar-refractivity contribution in [2.75, 3.05) is 5.32 Å². The highest BCUT2D eigenvalue weighted by atomic mass is 35.5. The monoisotopic (exact) mass is 327 g/mol. The maximum absolute atomic E-state index is 11.8. The molecular weight excluding hydrogens is 317 g/mol. The second-order valence-corrected chi connectivity index (χ2v) is 5.10. The van der Waals surface area contributed by atoms with Crippen LogP contribution >= 0.6 is 23.2 Å². The molecule has 0 aliphatic rings. The van der Waals surface area contributed by atoms with Gasteiger partial charge in [-0.15, -0.1) is 0 Å². The van der Waals surface area contributed by atoms with Crippen LogP contribution in [0.5, 0.6) is 0 Å². The molecule has 110 valence electrons. The lowest BCUT2D eigenvalue weighted by Gasteiger charge is -2.06. The number of aromatic carboxylic acids is 1. The lowest BCUT2D eigenvalue weighted by molar-refractivity contribution is -0.116. The Kier molecular flexibility index (Phi) is 4.82. The molecule has 0 aliphatic carbocycles. The fourth-order valence-electron chi connectivity index (χ4n) is 1.67. The number of rotatable bonds is 5. The van der Waals surface area contributed by atoms with Crippen LogP contribution in [0.1, 0.15) is 16.9 Å². The highest BCUT2D eigenvalue weighted by molar-refractivity contribution is 6.35. The number of aryl methyl sites for hydroxylation is 1. The van der Waals surface area contributed by atoms with Crippen LogP contribution < -0.4 is 5.32 Å². The SMILES string of the molecule is O=C(CCn1ccc(C(=O)O)n1)Nc1cc(Cl)cc(Cl)c1. The van der Waals surface area contributed by atoms with E-state index in [4.69, 9.17) is 28.3 Å². The summed E-state index contributed by atoms with van der Waals surface area (Å²) in [6.07, 6.45) is 1.65. The predicted molar refractivity (Wildman–Crippen MR) is 78.9 cm³/mol. The largest absolute Gasteiger partial charge is 0.476 e. The van der Waals surface area contributed by atoms with E-state index in [-0.39, 0.29) is 24.6 Å². The Balaban J connectivity index is 1.90. The molecule has 2 aromatic rings.